The zero-order chi connectivity index (χ0) is 22.8. The number of rotatable bonds is 5. The Morgan fingerprint density at radius 3 is 2.32 bits per heavy atom. The number of carbonyl (C=O) groups excluding carboxylic acids is 1. The molecule has 0 spiro atoms. The summed E-state index contributed by atoms with van der Waals surface area (Å²) in [7, 11) is 0. The fourth-order valence-electron chi connectivity index (χ4n) is 3.28. The maximum atomic E-state index is 13.8. The molecule has 0 bridgehead atoms. The van der Waals surface area contributed by atoms with Crippen molar-refractivity contribution in [3.63, 3.8) is 0 Å². The molecule has 2 aromatic heterocycles. The second kappa shape index (κ2) is 8.63. The zero-order valence-corrected chi connectivity index (χ0v) is 17.2. The van der Waals surface area contributed by atoms with E-state index in [4.69, 9.17) is 10.5 Å². The van der Waals surface area contributed by atoms with E-state index >= 15 is 0 Å². The summed E-state index contributed by atoms with van der Waals surface area (Å²) >= 11 is 0. The number of esters is 1. The highest BCUT2D eigenvalue weighted by Gasteiger charge is 2.41. The lowest BCUT2D eigenvalue weighted by atomic mass is 10.1. The minimum absolute atomic E-state index is 0.0437. The number of nitrogens with two attached hydrogens (primary N) is 1. The molecule has 0 aliphatic rings. The molecular weight excluding hydrogens is 409 g/mol. The smallest absolute Gasteiger partial charge is 0.434 e. The molecule has 0 saturated heterocycles. The summed E-state index contributed by atoms with van der Waals surface area (Å²) in [5.41, 5.74) is 4.84. The number of aryl methyl sites for hydroxylation is 2. The molecule has 31 heavy (non-hydrogen) atoms. The van der Waals surface area contributed by atoms with Crippen molar-refractivity contribution < 1.29 is 22.7 Å². The standard InChI is InChI=1S/C22H21F3N4O2/c1-4-31-21(30)17(11-26)19(22(23,24)25)28-18-12-27-20(16-8-6-5-7-15(16)18)29-13(2)9-10-14(29)3/h5-12H,4,26H2,1-3H3. The third-order valence-corrected chi connectivity index (χ3v) is 4.65. The van der Waals surface area contributed by atoms with Crippen LogP contribution in [0.3, 0.4) is 0 Å². The first-order valence-electron chi connectivity index (χ1n) is 9.47. The highest BCUT2D eigenvalue weighted by atomic mass is 19.4. The molecule has 0 amide bonds. The highest BCUT2D eigenvalue weighted by Crippen LogP contribution is 2.33. The van der Waals surface area contributed by atoms with E-state index in [2.05, 4.69) is 9.98 Å². The van der Waals surface area contributed by atoms with E-state index in [0.717, 1.165) is 11.4 Å². The maximum absolute atomic E-state index is 13.8. The first-order chi connectivity index (χ1) is 14.7. The molecule has 1 aromatic carbocycles. The van der Waals surface area contributed by atoms with Crippen molar-refractivity contribution in [2.45, 2.75) is 26.9 Å². The van der Waals surface area contributed by atoms with Crippen LogP contribution in [-0.4, -0.2) is 34.0 Å². The van der Waals surface area contributed by atoms with Crippen molar-refractivity contribution in [3.8, 4) is 5.82 Å². The number of hydrogen-bond acceptors (Lipinski definition) is 5. The van der Waals surface area contributed by atoms with Crippen molar-refractivity contribution in [1.82, 2.24) is 9.55 Å². The van der Waals surface area contributed by atoms with E-state index in [1.807, 2.05) is 30.5 Å². The van der Waals surface area contributed by atoms with Crippen LogP contribution in [-0.2, 0) is 9.53 Å². The Morgan fingerprint density at radius 1 is 1.16 bits per heavy atom. The van der Waals surface area contributed by atoms with E-state index in [1.165, 1.54) is 13.1 Å². The van der Waals surface area contributed by atoms with E-state index in [-0.39, 0.29) is 12.3 Å². The largest absolute Gasteiger partial charge is 0.462 e. The van der Waals surface area contributed by atoms with Crippen LogP contribution in [0, 0.1) is 13.8 Å². The molecule has 3 rings (SSSR count). The molecule has 2 heterocycles. The van der Waals surface area contributed by atoms with E-state index in [0.29, 0.717) is 22.8 Å². The number of benzene rings is 1. The van der Waals surface area contributed by atoms with Gasteiger partial charge in [0.2, 0.25) is 0 Å². The Morgan fingerprint density at radius 2 is 1.77 bits per heavy atom. The maximum Gasteiger partial charge on any atom is 0.434 e. The van der Waals surface area contributed by atoms with Gasteiger partial charge in [-0.15, -0.1) is 0 Å². The monoisotopic (exact) mass is 430 g/mol. The van der Waals surface area contributed by atoms with Crippen LogP contribution in [0.15, 0.2) is 59.4 Å². The number of aliphatic imine (C=N–C) groups is 1. The topological polar surface area (TPSA) is 82.5 Å². The predicted octanol–water partition coefficient (Wildman–Crippen LogP) is 4.68. The summed E-state index contributed by atoms with van der Waals surface area (Å²) in [6.45, 7) is 5.21. The Kier molecular flexibility index (Phi) is 6.14. The van der Waals surface area contributed by atoms with Crippen LogP contribution in [0.4, 0.5) is 18.9 Å². The first kappa shape index (κ1) is 22.1. The quantitative estimate of drug-likeness (QED) is 0.362. The number of pyridine rings is 1. The molecule has 0 aliphatic heterocycles. The number of nitrogens with zero attached hydrogens (tertiary/aromatic N) is 3. The zero-order valence-electron chi connectivity index (χ0n) is 17.2. The van der Waals surface area contributed by atoms with Gasteiger partial charge in [-0.25, -0.2) is 14.8 Å². The van der Waals surface area contributed by atoms with Gasteiger partial charge in [-0.2, -0.15) is 13.2 Å². The van der Waals surface area contributed by atoms with Crippen LogP contribution in [0.1, 0.15) is 18.3 Å². The van der Waals surface area contributed by atoms with Gasteiger partial charge in [0.05, 0.1) is 18.5 Å². The van der Waals surface area contributed by atoms with Crippen LogP contribution in [0.25, 0.3) is 16.6 Å². The second-order valence-corrected chi connectivity index (χ2v) is 6.72. The Bertz CT molecular complexity index is 1170. The number of fused-ring (bicyclic) bond motifs is 1. The Hall–Kier alpha value is -3.62. The molecular formula is C22H21F3N4O2. The number of hydrogen-bond donors (Lipinski definition) is 1. The van der Waals surface area contributed by atoms with Gasteiger partial charge >= 0.3 is 12.1 Å². The third kappa shape index (κ3) is 4.30. The predicted molar refractivity (Wildman–Crippen MR) is 113 cm³/mol. The molecule has 0 atom stereocenters. The lowest BCUT2D eigenvalue weighted by Crippen LogP contribution is -2.30. The molecule has 6 nitrogen and oxygen atoms in total. The van der Waals surface area contributed by atoms with Gasteiger partial charge in [-0.3, -0.25) is 0 Å². The number of ether oxygens (including phenoxy) is 1. The average Bonchev–Trinajstić information content (AvgIpc) is 3.05. The Labute approximate surface area is 176 Å². The van der Waals surface area contributed by atoms with E-state index in [1.54, 1.807) is 24.3 Å². The average molecular weight is 430 g/mol. The molecule has 0 unspecified atom stereocenters. The number of halogens is 3. The van der Waals surface area contributed by atoms with Gasteiger partial charge in [0.1, 0.15) is 11.4 Å². The SMILES string of the molecule is CCOC(=O)C(=CN)C(=Nc1cnc(-n2c(C)ccc2C)c2ccccc12)C(F)(F)F. The fraction of sp³-hybridized carbons (Fsp3) is 0.227. The van der Waals surface area contributed by atoms with Crippen molar-refractivity contribution in [2.24, 2.45) is 10.7 Å². The van der Waals surface area contributed by atoms with Crippen LogP contribution in [0.5, 0.6) is 0 Å². The summed E-state index contributed by atoms with van der Waals surface area (Å²) in [5.74, 6) is -0.628. The summed E-state index contributed by atoms with van der Waals surface area (Å²) in [6.07, 6.45) is -3.13. The summed E-state index contributed by atoms with van der Waals surface area (Å²) in [6, 6.07) is 10.7. The van der Waals surface area contributed by atoms with Gasteiger partial charge in [-0.1, -0.05) is 24.3 Å². The fourth-order valence-corrected chi connectivity index (χ4v) is 3.28. The van der Waals surface area contributed by atoms with Crippen LogP contribution >= 0.6 is 0 Å². The summed E-state index contributed by atoms with van der Waals surface area (Å²) in [5, 5.41) is 1.06. The summed E-state index contributed by atoms with van der Waals surface area (Å²) in [4.78, 5) is 20.2. The van der Waals surface area contributed by atoms with Crippen molar-refractivity contribution in [3.05, 3.63) is 65.8 Å². The molecule has 0 aliphatic carbocycles. The van der Waals surface area contributed by atoms with Crippen molar-refractivity contribution in [2.75, 3.05) is 6.61 Å². The molecule has 0 fully saturated rings. The van der Waals surface area contributed by atoms with Crippen molar-refractivity contribution in [1.29, 1.82) is 0 Å². The summed E-state index contributed by atoms with van der Waals surface area (Å²) < 4.78 is 48.0. The molecule has 9 heteroatoms. The number of aromatic nitrogens is 2. The van der Waals surface area contributed by atoms with Crippen LogP contribution in [0.2, 0.25) is 0 Å². The van der Waals surface area contributed by atoms with E-state index in [9.17, 15) is 18.0 Å². The minimum atomic E-state index is -4.94. The molecule has 0 radical (unpaired) electrons. The van der Waals surface area contributed by atoms with E-state index < -0.39 is 23.4 Å². The molecule has 162 valence electrons. The lowest BCUT2D eigenvalue weighted by molar-refractivity contribution is -0.138. The van der Waals surface area contributed by atoms with Gasteiger partial charge < -0.3 is 15.0 Å². The van der Waals surface area contributed by atoms with Crippen LogP contribution < -0.4 is 5.73 Å². The first-order valence-corrected chi connectivity index (χ1v) is 9.47. The molecule has 3 aromatic rings. The van der Waals surface area contributed by atoms with Gasteiger partial charge in [-0.05, 0) is 32.9 Å². The number of carbonyl (C=O) groups is 1. The normalized spacial score (nSPS) is 13.0. The number of alkyl halides is 3. The van der Waals surface area contributed by atoms with Gasteiger partial charge in [0.15, 0.2) is 5.71 Å². The lowest BCUT2D eigenvalue weighted by Gasteiger charge is -2.15. The van der Waals surface area contributed by atoms with Gasteiger partial charge in [0.25, 0.3) is 0 Å². The Balaban J connectivity index is 2.26. The van der Waals surface area contributed by atoms with Crippen molar-refractivity contribution >= 4 is 28.1 Å². The second-order valence-electron chi connectivity index (χ2n) is 6.72. The third-order valence-electron chi connectivity index (χ3n) is 4.65. The molecule has 2 N–H and O–H groups in total. The highest BCUT2D eigenvalue weighted by molar-refractivity contribution is 6.23. The molecule has 0 saturated carbocycles. The van der Waals surface area contributed by atoms with Gasteiger partial charge in [0, 0.05) is 28.4 Å². The minimum Gasteiger partial charge on any atom is -0.462 e.